The number of hydrogen-bond acceptors (Lipinski definition) is 5. The van der Waals surface area contributed by atoms with Crippen LogP contribution in [0, 0.1) is 5.92 Å². The zero-order valence-corrected chi connectivity index (χ0v) is 14.5. The Labute approximate surface area is 137 Å². The maximum absolute atomic E-state index is 12.5. The highest BCUT2D eigenvalue weighted by Gasteiger charge is 2.34. The van der Waals surface area contributed by atoms with E-state index in [1.807, 2.05) is 0 Å². The molecule has 0 N–H and O–H groups in total. The number of thiophene rings is 1. The van der Waals surface area contributed by atoms with E-state index in [0.717, 1.165) is 11.3 Å². The van der Waals surface area contributed by atoms with E-state index in [0.29, 0.717) is 23.8 Å². The molecule has 5 nitrogen and oxygen atoms in total. The summed E-state index contributed by atoms with van der Waals surface area (Å²) in [7, 11) is -3.66. The number of sulfonamides is 1. The molecule has 0 aliphatic carbocycles. The van der Waals surface area contributed by atoms with Crippen LogP contribution in [0.15, 0.2) is 11.0 Å². The fraction of sp³-hybridized carbons (Fsp3) is 0.583. The fourth-order valence-electron chi connectivity index (χ4n) is 2.23. The molecule has 9 heteroatoms. The summed E-state index contributed by atoms with van der Waals surface area (Å²) in [6.07, 6.45) is 0.904. The van der Waals surface area contributed by atoms with Crippen molar-refractivity contribution in [1.29, 1.82) is 0 Å². The second-order valence-corrected chi connectivity index (χ2v) is 8.81. The van der Waals surface area contributed by atoms with Crippen LogP contribution in [0.2, 0.25) is 8.67 Å². The van der Waals surface area contributed by atoms with E-state index in [1.54, 1.807) is 6.92 Å². The van der Waals surface area contributed by atoms with Crippen LogP contribution in [0.5, 0.6) is 0 Å². The Bertz CT molecular complexity index is 621. The number of nitrogens with zero attached hydrogens (tertiary/aromatic N) is 1. The van der Waals surface area contributed by atoms with Crippen molar-refractivity contribution in [3.8, 4) is 0 Å². The van der Waals surface area contributed by atoms with Crippen LogP contribution in [0.25, 0.3) is 0 Å². The SMILES string of the molecule is CCOC(=O)C1CCN(S(=O)(=O)c2cc(Cl)sc2Cl)CC1. The predicted molar refractivity (Wildman–Crippen MR) is 82.5 cm³/mol. The van der Waals surface area contributed by atoms with Gasteiger partial charge in [-0.1, -0.05) is 23.2 Å². The third-order valence-corrected chi connectivity index (χ3v) is 6.97. The number of ether oxygens (including phenoxy) is 1. The van der Waals surface area contributed by atoms with Crippen LogP contribution >= 0.6 is 34.5 Å². The van der Waals surface area contributed by atoms with Crippen LogP contribution < -0.4 is 0 Å². The van der Waals surface area contributed by atoms with E-state index < -0.39 is 10.0 Å². The van der Waals surface area contributed by atoms with Gasteiger partial charge < -0.3 is 4.74 Å². The first-order valence-corrected chi connectivity index (χ1v) is 9.49. The minimum atomic E-state index is -3.66. The first-order chi connectivity index (χ1) is 9.86. The van der Waals surface area contributed by atoms with Crippen LogP contribution in [-0.2, 0) is 19.6 Å². The van der Waals surface area contributed by atoms with Gasteiger partial charge in [-0.3, -0.25) is 4.79 Å². The molecule has 0 bridgehead atoms. The molecule has 2 heterocycles. The van der Waals surface area contributed by atoms with Crippen LogP contribution in [0.1, 0.15) is 19.8 Å². The summed E-state index contributed by atoms with van der Waals surface area (Å²) in [6.45, 7) is 2.63. The fourth-order valence-corrected chi connectivity index (χ4v) is 5.81. The minimum absolute atomic E-state index is 0.0359. The highest BCUT2D eigenvalue weighted by Crippen LogP contribution is 2.36. The molecule has 0 radical (unpaired) electrons. The molecule has 0 amide bonds. The Morgan fingerprint density at radius 3 is 2.52 bits per heavy atom. The van der Waals surface area contributed by atoms with Gasteiger partial charge in [-0.05, 0) is 25.8 Å². The van der Waals surface area contributed by atoms with Gasteiger partial charge in [0.1, 0.15) is 9.23 Å². The van der Waals surface area contributed by atoms with Gasteiger partial charge in [0.25, 0.3) is 0 Å². The standard InChI is InChI=1S/C12H15Cl2NO4S2/c1-2-19-12(16)8-3-5-15(6-4-8)21(17,18)9-7-10(13)20-11(9)14/h7-8H,2-6H2,1H3. The van der Waals surface area contributed by atoms with Crippen LogP contribution in [0.4, 0.5) is 0 Å². The summed E-state index contributed by atoms with van der Waals surface area (Å²) in [5.41, 5.74) is 0. The highest BCUT2D eigenvalue weighted by atomic mass is 35.5. The van der Waals surface area contributed by atoms with Gasteiger partial charge >= 0.3 is 5.97 Å². The molecule has 118 valence electrons. The summed E-state index contributed by atoms with van der Waals surface area (Å²) in [5.74, 6) is -0.496. The largest absolute Gasteiger partial charge is 0.466 e. The first-order valence-electron chi connectivity index (χ1n) is 6.48. The monoisotopic (exact) mass is 371 g/mol. The Morgan fingerprint density at radius 1 is 1.43 bits per heavy atom. The summed E-state index contributed by atoms with van der Waals surface area (Å²) in [4.78, 5) is 11.7. The van der Waals surface area contributed by atoms with Gasteiger partial charge in [0.05, 0.1) is 16.9 Å². The third-order valence-electron chi connectivity index (χ3n) is 3.32. The highest BCUT2D eigenvalue weighted by molar-refractivity contribution is 7.89. The van der Waals surface area contributed by atoms with E-state index in [-0.39, 0.29) is 34.2 Å². The lowest BCUT2D eigenvalue weighted by atomic mass is 9.98. The number of piperidine rings is 1. The van der Waals surface area contributed by atoms with Crippen molar-refractivity contribution in [1.82, 2.24) is 4.31 Å². The Morgan fingerprint density at radius 2 is 2.05 bits per heavy atom. The maximum Gasteiger partial charge on any atom is 0.309 e. The molecule has 1 fully saturated rings. The molecule has 1 aromatic rings. The molecular formula is C12H15Cl2NO4S2. The normalized spacial score (nSPS) is 17.9. The summed E-state index contributed by atoms with van der Waals surface area (Å²) < 4.78 is 31.8. The lowest BCUT2D eigenvalue weighted by Crippen LogP contribution is -2.40. The maximum atomic E-state index is 12.5. The van der Waals surface area contributed by atoms with Gasteiger partial charge in [0.15, 0.2) is 0 Å². The van der Waals surface area contributed by atoms with Crippen molar-refractivity contribution < 1.29 is 17.9 Å². The Balaban J connectivity index is 2.08. The molecule has 0 spiro atoms. The number of esters is 1. The average molecular weight is 372 g/mol. The molecule has 1 saturated heterocycles. The molecular weight excluding hydrogens is 357 g/mol. The molecule has 0 unspecified atom stereocenters. The smallest absolute Gasteiger partial charge is 0.309 e. The van der Waals surface area contributed by atoms with Gasteiger partial charge in [-0.2, -0.15) is 4.31 Å². The molecule has 1 aromatic heterocycles. The molecule has 1 aliphatic heterocycles. The number of hydrogen-bond donors (Lipinski definition) is 0. The average Bonchev–Trinajstić information content (AvgIpc) is 2.79. The molecule has 1 aliphatic rings. The van der Waals surface area contributed by atoms with E-state index in [9.17, 15) is 13.2 Å². The Hall–Kier alpha value is -0.340. The molecule has 2 rings (SSSR count). The first kappa shape index (κ1) is 17.0. The van der Waals surface area contributed by atoms with Crippen molar-refractivity contribution in [2.24, 2.45) is 5.92 Å². The quantitative estimate of drug-likeness (QED) is 0.763. The van der Waals surface area contributed by atoms with E-state index >= 15 is 0 Å². The summed E-state index contributed by atoms with van der Waals surface area (Å²) in [5, 5.41) is 0. The third kappa shape index (κ3) is 3.71. The van der Waals surface area contributed by atoms with Crippen LogP contribution in [-0.4, -0.2) is 38.4 Å². The van der Waals surface area contributed by atoms with E-state index in [4.69, 9.17) is 27.9 Å². The van der Waals surface area contributed by atoms with Crippen molar-refractivity contribution in [2.45, 2.75) is 24.7 Å². The summed E-state index contributed by atoms with van der Waals surface area (Å²) in [6, 6.07) is 1.36. The minimum Gasteiger partial charge on any atom is -0.466 e. The Kier molecular flexibility index (Phi) is 5.54. The molecule has 21 heavy (non-hydrogen) atoms. The number of halogens is 2. The number of carbonyl (C=O) groups is 1. The van der Waals surface area contributed by atoms with Gasteiger partial charge in [-0.15, -0.1) is 11.3 Å². The topological polar surface area (TPSA) is 63.7 Å². The van der Waals surface area contributed by atoms with E-state index in [2.05, 4.69) is 0 Å². The number of rotatable bonds is 4. The number of carbonyl (C=O) groups excluding carboxylic acids is 1. The molecule has 0 atom stereocenters. The molecule has 0 aromatic carbocycles. The van der Waals surface area contributed by atoms with Crippen molar-refractivity contribution in [3.63, 3.8) is 0 Å². The van der Waals surface area contributed by atoms with E-state index in [1.165, 1.54) is 10.4 Å². The zero-order valence-electron chi connectivity index (χ0n) is 11.3. The van der Waals surface area contributed by atoms with Crippen LogP contribution in [0.3, 0.4) is 0 Å². The van der Waals surface area contributed by atoms with Crippen molar-refractivity contribution >= 4 is 50.5 Å². The summed E-state index contributed by atoms with van der Waals surface area (Å²) >= 11 is 12.7. The van der Waals surface area contributed by atoms with Gasteiger partial charge in [0.2, 0.25) is 10.0 Å². The lowest BCUT2D eigenvalue weighted by molar-refractivity contribution is -0.149. The van der Waals surface area contributed by atoms with Gasteiger partial charge in [-0.25, -0.2) is 8.42 Å². The second-order valence-electron chi connectivity index (χ2n) is 4.62. The van der Waals surface area contributed by atoms with Crippen molar-refractivity contribution in [3.05, 3.63) is 14.7 Å². The zero-order chi connectivity index (χ0) is 15.6. The lowest BCUT2D eigenvalue weighted by Gasteiger charge is -2.29. The molecule has 0 saturated carbocycles. The van der Waals surface area contributed by atoms with Gasteiger partial charge in [0, 0.05) is 13.1 Å². The second kappa shape index (κ2) is 6.83. The predicted octanol–water partition coefficient (Wildman–Crippen LogP) is 3.02. The van der Waals surface area contributed by atoms with Crippen molar-refractivity contribution in [2.75, 3.05) is 19.7 Å².